The second-order valence-electron chi connectivity index (χ2n) is 3.82. The Labute approximate surface area is 90.6 Å². The van der Waals surface area contributed by atoms with Crippen LogP contribution in [-0.4, -0.2) is 11.5 Å². The lowest BCUT2D eigenvalue weighted by molar-refractivity contribution is 0.815. The minimum absolute atomic E-state index is 0.606. The van der Waals surface area contributed by atoms with E-state index in [2.05, 4.69) is 25.8 Å². The molecule has 1 aromatic heterocycles. The maximum Gasteiger partial charge on any atom is 0.0931 e. The van der Waals surface area contributed by atoms with Crippen molar-refractivity contribution in [1.29, 1.82) is 0 Å². The molecule has 14 heavy (non-hydrogen) atoms. The molecule has 0 atom stereocenters. The maximum atomic E-state index is 5.49. The highest BCUT2D eigenvalue weighted by Crippen LogP contribution is 2.27. The van der Waals surface area contributed by atoms with E-state index in [-0.39, 0.29) is 0 Å². The lowest BCUT2D eigenvalue weighted by atomic mass is 10.1. The van der Waals surface area contributed by atoms with E-state index >= 15 is 0 Å². The molecule has 0 radical (unpaired) electrons. The van der Waals surface area contributed by atoms with E-state index in [1.165, 1.54) is 15.6 Å². The first kappa shape index (κ1) is 11.7. The molecule has 0 aliphatic heterocycles. The fourth-order valence-electron chi connectivity index (χ4n) is 1.48. The Balaban J connectivity index is 2.78. The standard InChI is InChI=1S/C11H20N2S/c1-4-9-11(8(2)3)14-10(13-9)6-5-7-12/h8H,4-7,12H2,1-3H3. The van der Waals surface area contributed by atoms with Gasteiger partial charge in [-0.05, 0) is 25.3 Å². The number of aryl methyl sites for hydroxylation is 2. The smallest absolute Gasteiger partial charge is 0.0931 e. The third-order valence-electron chi connectivity index (χ3n) is 2.23. The van der Waals surface area contributed by atoms with E-state index in [0.717, 1.165) is 25.8 Å². The molecule has 0 aliphatic rings. The summed E-state index contributed by atoms with van der Waals surface area (Å²) < 4.78 is 0. The van der Waals surface area contributed by atoms with Crippen LogP contribution in [0.4, 0.5) is 0 Å². The quantitative estimate of drug-likeness (QED) is 0.815. The first-order valence-corrected chi connectivity index (χ1v) is 6.19. The Bertz CT molecular complexity index is 279. The van der Waals surface area contributed by atoms with Crippen LogP contribution >= 0.6 is 11.3 Å². The summed E-state index contributed by atoms with van der Waals surface area (Å²) in [7, 11) is 0. The summed E-state index contributed by atoms with van der Waals surface area (Å²) in [4.78, 5) is 6.11. The van der Waals surface area contributed by atoms with Gasteiger partial charge in [0.15, 0.2) is 0 Å². The van der Waals surface area contributed by atoms with Gasteiger partial charge in [0.05, 0.1) is 10.7 Å². The Morgan fingerprint density at radius 1 is 1.43 bits per heavy atom. The molecule has 80 valence electrons. The monoisotopic (exact) mass is 212 g/mol. The van der Waals surface area contributed by atoms with Gasteiger partial charge in [0, 0.05) is 11.3 Å². The van der Waals surface area contributed by atoms with Crippen molar-refractivity contribution in [3.8, 4) is 0 Å². The first-order chi connectivity index (χ1) is 6.69. The molecule has 0 aromatic carbocycles. The molecule has 1 heterocycles. The van der Waals surface area contributed by atoms with Crippen molar-refractivity contribution in [1.82, 2.24) is 4.98 Å². The molecule has 3 heteroatoms. The third kappa shape index (κ3) is 2.79. The minimum Gasteiger partial charge on any atom is -0.330 e. The molecular formula is C11H20N2S. The fourth-order valence-corrected chi connectivity index (χ4v) is 2.68. The van der Waals surface area contributed by atoms with Crippen LogP contribution in [0.1, 0.15) is 48.7 Å². The number of hydrogen-bond acceptors (Lipinski definition) is 3. The van der Waals surface area contributed by atoms with E-state index in [0.29, 0.717) is 5.92 Å². The molecule has 0 aliphatic carbocycles. The topological polar surface area (TPSA) is 38.9 Å². The van der Waals surface area contributed by atoms with Crippen molar-refractivity contribution in [3.63, 3.8) is 0 Å². The molecular weight excluding hydrogens is 192 g/mol. The average molecular weight is 212 g/mol. The Morgan fingerprint density at radius 2 is 2.14 bits per heavy atom. The van der Waals surface area contributed by atoms with Crippen molar-refractivity contribution in [2.24, 2.45) is 5.73 Å². The molecule has 2 nitrogen and oxygen atoms in total. The van der Waals surface area contributed by atoms with Crippen molar-refractivity contribution >= 4 is 11.3 Å². The number of thiazole rings is 1. The Hall–Kier alpha value is -0.410. The van der Waals surface area contributed by atoms with Gasteiger partial charge < -0.3 is 5.73 Å². The van der Waals surface area contributed by atoms with E-state index in [9.17, 15) is 0 Å². The van der Waals surface area contributed by atoms with Crippen LogP contribution in [-0.2, 0) is 12.8 Å². The normalized spacial score (nSPS) is 11.2. The highest BCUT2D eigenvalue weighted by molar-refractivity contribution is 7.11. The molecule has 0 unspecified atom stereocenters. The van der Waals surface area contributed by atoms with Crippen LogP contribution < -0.4 is 5.73 Å². The fraction of sp³-hybridized carbons (Fsp3) is 0.727. The van der Waals surface area contributed by atoms with Crippen LogP contribution in [0.3, 0.4) is 0 Å². The summed E-state index contributed by atoms with van der Waals surface area (Å²) in [5.41, 5.74) is 6.78. The predicted octanol–water partition coefficient (Wildman–Crippen LogP) is 2.72. The van der Waals surface area contributed by atoms with E-state index in [4.69, 9.17) is 5.73 Å². The molecule has 0 saturated heterocycles. The molecule has 0 fully saturated rings. The van der Waals surface area contributed by atoms with Gasteiger partial charge in [0.1, 0.15) is 0 Å². The molecule has 2 N–H and O–H groups in total. The number of rotatable bonds is 5. The van der Waals surface area contributed by atoms with Gasteiger partial charge in [0.25, 0.3) is 0 Å². The minimum atomic E-state index is 0.606. The van der Waals surface area contributed by atoms with Crippen molar-refractivity contribution < 1.29 is 0 Å². The van der Waals surface area contributed by atoms with Gasteiger partial charge in [-0.25, -0.2) is 4.98 Å². The van der Waals surface area contributed by atoms with Crippen molar-refractivity contribution in [2.75, 3.05) is 6.54 Å². The molecule has 0 saturated carbocycles. The molecule has 1 rings (SSSR count). The van der Waals surface area contributed by atoms with Gasteiger partial charge >= 0.3 is 0 Å². The highest BCUT2D eigenvalue weighted by Gasteiger charge is 2.11. The lowest BCUT2D eigenvalue weighted by Gasteiger charge is -2.01. The summed E-state index contributed by atoms with van der Waals surface area (Å²) in [6.45, 7) is 7.41. The van der Waals surface area contributed by atoms with Crippen LogP contribution in [0.25, 0.3) is 0 Å². The zero-order valence-corrected chi connectivity index (χ0v) is 10.2. The van der Waals surface area contributed by atoms with Crippen molar-refractivity contribution in [2.45, 2.75) is 46.0 Å². The van der Waals surface area contributed by atoms with E-state index in [1.54, 1.807) is 0 Å². The summed E-state index contributed by atoms with van der Waals surface area (Å²) in [6, 6.07) is 0. The van der Waals surface area contributed by atoms with Gasteiger partial charge in [-0.1, -0.05) is 20.8 Å². The van der Waals surface area contributed by atoms with Gasteiger partial charge in [-0.3, -0.25) is 0 Å². The number of aromatic nitrogens is 1. The van der Waals surface area contributed by atoms with E-state index in [1.807, 2.05) is 11.3 Å². The SMILES string of the molecule is CCc1nc(CCCN)sc1C(C)C. The molecule has 0 spiro atoms. The molecule has 1 aromatic rings. The lowest BCUT2D eigenvalue weighted by Crippen LogP contribution is -2.00. The zero-order valence-electron chi connectivity index (χ0n) is 9.34. The van der Waals surface area contributed by atoms with Gasteiger partial charge in [0.2, 0.25) is 0 Å². The van der Waals surface area contributed by atoms with Crippen LogP contribution in [0.5, 0.6) is 0 Å². The number of nitrogens with zero attached hydrogens (tertiary/aromatic N) is 1. The largest absolute Gasteiger partial charge is 0.330 e. The maximum absolute atomic E-state index is 5.49. The Morgan fingerprint density at radius 3 is 2.57 bits per heavy atom. The molecule has 0 bridgehead atoms. The van der Waals surface area contributed by atoms with Crippen LogP contribution in [0.2, 0.25) is 0 Å². The van der Waals surface area contributed by atoms with Gasteiger partial charge in [-0.15, -0.1) is 11.3 Å². The third-order valence-corrected chi connectivity index (χ3v) is 3.68. The zero-order chi connectivity index (χ0) is 10.6. The van der Waals surface area contributed by atoms with E-state index < -0.39 is 0 Å². The van der Waals surface area contributed by atoms with Crippen LogP contribution in [0.15, 0.2) is 0 Å². The average Bonchev–Trinajstić information content (AvgIpc) is 2.57. The Kier molecular flexibility index (Phi) is 4.55. The van der Waals surface area contributed by atoms with Crippen molar-refractivity contribution in [3.05, 3.63) is 15.6 Å². The number of hydrogen-bond donors (Lipinski definition) is 1. The second-order valence-corrected chi connectivity index (χ2v) is 4.93. The predicted molar refractivity (Wildman–Crippen MR) is 63.0 cm³/mol. The number of nitrogens with two attached hydrogens (primary N) is 1. The van der Waals surface area contributed by atoms with Crippen LogP contribution in [0, 0.1) is 0 Å². The summed E-state index contributed by atoms with van der Waals surface area (Å²) in [5.74, 6) is 0.606. The summed E-state index contributed by atoms with van der Waals surface area (Å²) >= 11 is 1.87. The summed E-state index contributed by atoms with van der Waals surface area (Å²) in [5, 5.41) is 1.26. The van der Waals surface area contributed by atoms with Gasteiger partial charge in [-0.2, -0.15) is 0 Å². The highest BCUT2D eigenvalue weighted by atomic mass is 32.1. The summed E-state index contributed by atoms with van der Waals surface area (Å²) in [6.07, 6.45) is 3.14. The first-order valence-electron chi connectivity index (χ1n) is 5.37. The second kappa shape index (κ2) is 5.47. The molecule has 0 amide bonds.